The summed E-state index contributed by atoms with van der Waals surface area (Å²) in [6.07, 6.45) is 0. The van der Waals surface area contributed by atoms with Crippen LogP contribution in [0.4, 0.5) is 11.4 Å². The molecule has 1 N–H and O–H groups in total. The summed E-state index contributed by atoms with van der Waals surface area (Å²) in [4.78, 5) is 80.2. The number of nitrogens with one attached hydrogen (secondary N) is 1. The lowest BCUT2D eigenvalue weighted by Crippen LogP contribution is -2.37. The average Bonchev–Trinajstić information content (AvgIpc) is 3.03. The van der Waals surface area contributed by atoms with E-state index >= 15 is 0 Å². The van der Waals surface area contributed by atoms with Crippen molar-refractivity contribution in [2.75, 3.05) is 14.2 Å². The monoisotopic (exact) mass is 646 g/mol. The van der Waals surface area contributed by atoms with Crippen LogP contribution in [-0.4, -0.2) is 53.7 Å². The van der Waals surface area contributed by atoms with Crippen molar-refractivity contribution in [1.82, 2.24) is 5.32 Å². The number of nitro benzene ring substituents is 2. The molecule has 0 aliphatic carbocycles. The van der Waals surface area contributed by atoms with Gasteiger partial charge in [0, 0.05) is 53.0 Å². The Morgan fingerprint density at radius 3 is 1.79 bits per heavy atom. The molecule has 2 aromatic rings. The standard InChI is InChI=1S/C32H30N4O11/c1-15-23(29(37)45-5)27(19-9-7-11-21(13-19)35(41)42)25(17(3)33-15)31(39)47-32(40)26-18(4)34-16(2)24(30(38)46-6)28(26)20-10-8-12-22(14-20)36(43)44/h7-14,23,27-28,34H,1-6H3/t23?,27-,28+/m0/s1. The van der Waals surface area contributed by atoms with E-state index in [2.05, 4.69) is 10.3 Å². The Bertz CT molecular complexity index is 1850. The number of allylic oxidation sites excluding steroid dienone is 3. The van der Waals surface area contributed by atoms with E-state index in [1.165, 1.54) is 69.3 Å². The van der Waals surface area contributed by atoms with E-state index in [1.807, 2.05) is 0 Å². The van der Waals surface area contributed by atoms with Gasteiger partial charge in [-0.25, -0.2) is 14.4 Å². The Morgan fingerprint density at radius 2 is 1.26 bits per heavy atom. The zero-order chi connectivity index (χ0) is 34.7. The minimum atomic E-state index is -1.25. The molecule has 2 aromatic carbocycles. The summed E-state index contributed by atoms with van der Waals surface area (Å²) in [7, 11) is 2.27. The second kappa shape index (κ2) is 13.6. The van der Waals surface area contributed by atoms with Crippen molar-refractivity contribution < 1.29 is 43.2 Å². The van der Waals surface area contributed by atoms with Gasteiger partial charge in [0.05, 0.1) is 46.7 Å². The van der Waals surface area contributed by atoms with Crippen molar-refractivity contribution in [2.45, 2.75) is 39.5 Å². The quantitative estimate of drug-likeness (QED) is 0.140. The Balaban J connectivity index is 1.83. The molecule has 2 aliphatic heterocycles. The maximum atomic E-state index is 14.0. The Morgan fingerprint density at radius 1 is 0.745 bits per heavy atom. The molecule has 0 saturated heterocycles. The number of hydrogen-bond acceptors (Lipinski definition) is 13. The molecular formula is C32H30N4O11. The van der Waals surface area contributed by atoms with Crippen molar-refractivity contribution in [2.24, 2.45) is 10.9 Å². The number of non-ortho nitro benzene ring substituents is 2. The number of nitro groups is 2. The molecule has 15 nitrogen and oxygen atoms in total. The van der Waals surface area contributed by atoms with Crippen LogP contribution in [0.5, 0.6) is 0 Å². The Kier molecular flexibility index (Phi) is 9.78. The Labute approximate surface area is 267 Å². The number of ether oxygens (including phenoxy) is 3. The SMILES string of the molecule is COC(=O)C1=C(C)NC(C)=C(C(=O)OC(=O)C2=C(C)N=C(C)C(C(=O)OC)[C@@H]2c2cccc([N+](=O)[O-])c2)[C@@H]1c1cccc([N+](=O)[O-])c1. The number of rotatable bonds is 8. The number of carbonyl (C=O) groups excluding carboxylic acids is 4. The molecule has 1 unspecified atom stereocenters. The summed E-state index contributed by atoms with van der Waals surface area (Å²) in [5.74, 6) is -7.67. The van der Waals surface area contributed by atoms with Crippen LogP contribution >= 0.6 is 0 Å². The predicted molar refractivity (Wildman–Crippen MR) is 165 cm³/mol. The van der Waals surface area contributed by atoms with Crippen LogP contribution in [-0.2, 0) is 33.4 Å². The van der Waals surface area contributed by atoms with Gasteiger partial charge in [-0.15, -0.1) is 0 Å². The molecule has 3 atom stereocenters. The van der Waals surface area contributed by atoms with Crippen LogP contribution in [0.2, 0.25) is 0 Å². The summed E-state index contributed by atoms with van der Waals surface area (Å²) in [6.45, 7) is 6.06. The van der Waals surface area contributed by atoms with Crippen molar-refractivity contribution in [3.8, 4) is 0 Å². The van der Waals surface area contributed by atoms with Crippen LogP contribution in [0.15, 0.2) is 87.3 Å². The fourth-order valence-corrected chi connectivity index (χ4v) is 5.92. The molecule has 47 heavy (non-hydrogen) atoms. The van der Waals surface area contributed by atoms with E-state index < -0.39 is 51.5 Å². The average molecular weight is 647 g/mol. The normalized spacial score (nSPS) is 19.4. The lowest BCUT2D eigenvalue weighted by molar-refractivity contribution is -0.385. The lowest BCUT2D eigenvalue weighted by atomic mass is 9.75. The molecule has 0 saturated carbocycles. The third-order valence-electron chi connectivity index (χ3n) is 7.93. The zero-order valence-electron chi connectivity index (χ0n) is 26.2. The number of methoxy groups -OCH3 is 2. The number of aliphatic imine (C=N–C) groups is 1. The van der Waals surface area contributed by atoms with Gasteiger partial charge in [-0.2, -0.15) is 0 Å². The molecule has 0 radical (unpaired) electrons. The molecule has 2 aliphatic rings. The van der Waals surface area contributed by atoms with Gasteiger partial charge in [0.25, 0.3) is 11.4 Å². The van der Waals surface area contributed by atoms with Gasteiger partial charge < -0.3 is 19.5 Å². The third-order valence-corrected chi connectivity index (χ3v) is 7.93. The molecule has 15 heteroatoms. The summed E-state index contributed by atoms with van der Waals surface area (Å²) in [5.41, 5.74) is 0.101. The number of dihydropyridines is 1. The first-order valence-electron chi connectivity index (χ1n) is 14.1. The maximum absolute atomic E-state index is 14.0. The minimum Gasteiger partial charge on any atom is -0.468 e. The number of hydrogen-bond donors (Lipinski definition) is 1. The van der Waals surface area contributed by atoms with Crippen LogP contribution in [0.3, 0.4) is 0 Å². The van der Waals surface area contributed by atoms with E-state index in [-0.39, 0.29) is 56.3 Å². The highest BCUT2D eigenvalue weighted by Crippen LogP contribution is 2.43. The number of esters is 4. The summed E-state index contributed by atoms with van der Waals surface area (Å²) < 4.78 is 15.4. The van der Waals surface area contributed by atoms with Crippen molar-refractivity contribution >= 4 is 41.0 Å². The van der Waals surface area contributed by atoms with Gasteiger partial charge in [-0.3, -0.25) is 30.0 Å². The van der Waals surface area contributed by atoms with E-state index in [9.17, 15) is 39.4 Å². The molecule has 2 heterocycles. The number of nitrogens with zero attached hydrogens (tertiary/aromatic N) is 3. The minimum absolute atomic E-state index is 0.0495. The number of carbonyl (C=O) groups is 4. The van der Waals surface area contributed by atoms with Crippen molar-refractivity contribution in [1.29, 1.82) is 0 Å². The highest BCUT2D eigenvalue weighted by Gasteiger charge is 2.44. The highest BCUT2D eigenvalue weighted by atomic mass is 16.6. The maximum Gasteiger partial charge on any atom is 0.344 e. The first-order valence-corrected chi connectivity index (χ1v) is 14.1. The molecule has 0 fully saturated rings. The second-order valence-electron chi connectivity index (χ2n) is 10.7. The molecule has 0 amide bonds. The van der Waals surface area contributed by atoms with Gasteiger partial charge in [0.2, 0.25) is 0 Å². The van der Waals surface area contributed by atoms with Crippen LogP contribution in [0.25, 0.3) is 0 Å². The van der Waals surface area contributed by atoms with Gasteiger partial charge in [0.1, 0.15) is 5.92 Å². The molecule has 4 rings (SSSR count). The highest BCUT2D eigenvalue weighted by molar-refractivity contribution is 6.10. The van der Waals surface area contributed by atoms with Crippen LogP contribution < -0.4 is 5.32 Å². The molecule has 0 spiro atoms. The lowest BCUT2D eigenvalue weighted by Gasteiger charge is -2.32. The summed E-state index contributed by atoms with van der Waals surface area (Å²) in [6, 6.07) is 10.6. The van der Waals surface area contributed by atoms with Crippen LogP contribution in [0, 0.1) is 26.1 Å². The van der Waals surface area contributed by atoms with Gasteiger partial charge in [-0.05, 0) is 38.8 Å². The van der Waals surface area contributed by atoms with E-state index in [1.54, 1.807) is 6.92 Å². The molecule has 0 bridgehead atoms. The predicted octanol–water partition coefficient (Wildman–Crippen LogP) is 4.30. The largest absolute Gasteiger partial charge is 0.468 e. The van der Waals surface area contributed by atoms with Crippen molar-refractivity contribution in [3.63, 3.8) is 0 Å². The fraction of sp³-hybridized carbons (Fsp3) is 0.281. The number of benzene rings is 2. The van der Waals surface area contributed by atoms with E-state index in [0.29, 0.717) is 5.70 Å². The fourth-order valence-electron chi connectivity index (χ4n) is 5.92. The summed E-state index contributed by atoms with van der Waals surface area (Å²) >= 11 is 0. The van der Waals surface area contributed by atoms with Gasteiger partial charge >= 0.3 is 23.9 Å². The second-order valence-corrected chi connectivity index (χ2v) is 10.7. The van der Waals surface area contributed by atoms with Gasteiger partial charge in [0.15, 0.2) is 0 Å². The van der Waals surface area contributed by atoms with Gasteiger partial charge in [-0.1, -0.05) is 24.3 Å². The Hall–Kier alpha value is -5.99. The summed E-state index contributed by atoms with van der Waals surface area (Å²) in [5, 5.41) is 26.1. The first kappa shape index (κ1) is 33.9. The zero-order valence-corrected chi connectivity index (χ0v) is 26.2. The van der Waals surface area contributed by atoms with Crippen LogP contribution in [0.1, 0.15) is 50.7 Å². The van der Waals surface area contributed by atoms with E-state index in [4.69, 9.17) is 14.2 Å². The molecule has 244 valence electrons. The molecule has 0 aromatic heterocycles. The third kappa shape index (κ3) is 6.54. The first-order chi connectivity index (χ1) is 22.2. The van der Waals surface area contributed by atoms with Crippen molar-refractivity contribution in [3.05, 3.63) is 114 Å². The smallest absolute Gasteiger partial charge is 0.344 e. The molecular weight excluding hydrogens is 616 g/mol. The topological polar surface area (TPSA) is 207 Å². The van der Waals surface area contributed by atoms with E-state index in [0.717, 1.165) is 14.2 Å².